The number of amides is 1. The summed E-state index contributed by atoms with van der Waals surface area (Å²) in [5, 5.41) is 4.84. The molecule has 140 valence electrons. The quantitative estimate of drug-likeness (QED) is 0.505. The Morgan fingerprint density at radius 3 is 2.56 bits per heavy atom. The van der Waals surface area contributed by atoms with E-state index >= 15 is 0 Å². The fourth-order valence-corrected chi connectivity index (χ4v) is 3.57. The molecule has 1 heterocycles. The van der Waals surface area contributed by atoms with E-state index < -0.39 is 0 Å². The number of benzene rings is 2. The van der Waals surface area contributed by atoms with Crippen LogP contribution in [0.15, 0.2) is 42.1 Å². The largest absolute Gasteiger partial charge is 0.487 e. The molecule has 3 rings (SSSR count). The van der Waals surface area contributed by atoms with Crippen molar-refractivity contribution in [1.82, 2.24) is 10.2 Å². The molecule has 1 amide bonds. The van der Waals surface area contributed by atoms with Gasteiger partial charge in [0.2, 0.25) is 0 Å². The Balaban J connectivity index is 1.73. The lowest BCUT2D eigenvalue weighted by atomic mass is 10.1. The number of hydrogen-bond acceptors (Lipinski definition) is 3. The minimum atomic E-state index is -0.156. The van der Waals surface area contributed by atoms with Crippen molar-refractivity contribution < 1.29 is 9.53 Å². The highest BCUT2D eigenvalue weighted by molar-refractivity contribution is 7.80. The second-order valence-electron chi connectivity index (χ2n) is 5.75. The van der Waals surface area contributed by atoms with E-state index in [0.29, 0.717) is 38.2 Å². The zero-order chi connectivity index (χ0) is 19.6. The Hall–Kier alpha value is -1.79. The number of nitrogens with zero attached hydrogens (tertiary/aromatic N) is 1. The summed E-state index contributed by atoms with van der Waals surface area (Å²) in [5.41, 5.74) is 1.98. The van der Waals surface area contributed by atoms with Crippen LogP contribution >= 0.6 is 47.0 Å². The number of nitrogens with one attached hydrogen (secondary N) is 1. The van der Waals surface area contributed by atoms with Crippen LogP contribution in [-0.4, -0.2) is 22.5 Å². The SMILES string of the molecule is CCN1C(=O)/C(=C/c2ccc(OCc3ccc(Cl)cc3Cl)c(Cl)c2)NC1=S. The highest BCUT2D eigenvalue weighted by Crippen LogP contribution is 2.29. The maximum absolute atomic E-state index is 12.2. The summed E-state index contributed by atoms with van der Waals surface area (Å²) < 4.78 is 5.75. The Morgan fingerprint density at radius 1 is 1.15 bits per heavy atom. The third-order valence-corrected chi connectivity index (χ3v) is 5.15. The van der Waals surface area contributed by atoms with Crippen molar-refractivity contribution in [2.45, 2.75) is 13.5 Å². The van der Waals surface area contributed by atoms with Gasteiger partial charge in [-0.2, -0.15) is 0 Å². The summed E-state index contributed by atoms with van der Waals surface area (Å²) in [7, 11) is 0. The van der Waals surface area contributed by atoms with Crippen molar-refractivity contribution in [1.29, 1.82) is 0 Å². The average molecular weight is 442 g/mol. The van der Waals surface area contributed by atoms with Gasteiger partial charge in [0.15, 0.2) is 5.11 Å². The number of carbonyl (C=O) groups is 1. The molecule has 1 fully saturated rings. The number of rotatable bonds is 5. The van der Waals surface area contributed by atoms with Crippen LogP contribution in [0.25, 0.3) is 6.08 Å². The van der Waals surface area contributed by atoms with Gasteiger partial charge in [-0.1, -0.05) is 46.9 Å². The Labute approximate surface area is 177 Å². The lowest BCUT2D eigenvalue weighted by molar-refractivity contribution is -0.122. The smallest absolute Gasteiger partial charge is 0.276 e. The minimum absolute atomic E-state index is 0.156. The zero-order valence-corrected chi connectivity index (χ0v) is 17.3. The van der Waals surface area contributed by atoms with E-state index in [1.54, 1.807) is 36.4 Å². The van der Waals surface area contributed by atoms with E-state index in [2.05, 4.69) is 5.32 Å². The van der Waals surface area contributed by atoms with Crippen LogP contribution in [0.4, 0.5) is 0 Å². The molecule has 2 aromatic rings. The summed E-state index contributed by atoms with van der Waals surface area (Å²) in [6, 6.07) is 10.5. The summed E-state index contributed by atoms with van der Waals surface area (Å²) in [5.74, 6) is 0.359. The van der Waals surface area contributed by atoms with Gasteiger partial charge in [0.25, 0.3) is 5.91 Å². The lowest BCUT2D eigenvalue weighted by Crippen LogP contribution is -2.30. The molecule has 0 unspecified atom stereocenters. The van der Waals surface area contributed by atoms with Crippen molar-refractivity contribution in [2.24, 2.45) is 0 Å². The van der Waals surface area contributed by atoms with Crippen molar-refractivity contribution in [2.75, 3.05) is 6.54 Å². The molecule has 0 atom stereocenters. The van der Waals surface area contributed by atoms with E-state index in [4.69, 9.17) is 51.8 Å². The minimum Gasteiger partial charge on any atom is -0.487 e. The fourth-order valence-electron chi connectivity index (χ4n) is 2.54. The highest BCUT2D eigenvalue weighted by atomic mass is 35.5. The summed E-state index contributed by atoms with van der Waals surface area (Å²) in [6.45, 7) is 2.64. The molecule has 1 N–H and O–H groups in total. The number of likely N-dealkylation sites (N-methyl/N-ethyl adjacent to an activating group) is 1. The first-order valence-corrected chi connectivity index (χ1v) is 9.64. The van der Waals surface area contributed by atoms with Crippen LogP contribution in [0.5, 0.6) is 5.75 Å². The number of halogens is 3. The van der Waals surface area contributed by atoms with Crippen LogP contribution in [-0.2, 0) is 11.4 Å². The second-order valence-corrected chi connectivity index (χ2v) is 7.39. The highest BCUT2D eigenvalue weighted by Gasteiger charge is 2.28. The molecule has 4 nitrogen and oxygen atoms in total. The molecule has 0 saturated carbocycles. The first kappa shape index (κ1) is 20.0. The Bertz CT molecular complexity index is 947. The number of thiocarbonyl (C=S) groups is 1. The van der Waals surface area contributed by atoms with Crippen molar-refractivity contribution >= 4 is 64.1 Å². The Morgan fingerprint density at radius 2 is 1.93 bits per heavy atom. The van der Waals surface area contributed by atoms with E-state index in [1.165, 1.54) is 4.90 Å². The standard InChI is InChI=1S/C19H15Cl3N2O2S/c1-2-24-18(25)16(23-19(24)27)8-11-3-6-17(15(22)7-11)26-10-12-4-5-13(20)9-14(12)21/h3-9H,2,10H2,1H3,(H,23,27)/b16-8-. The van der Waals surface area contributed by atoms with Gasteiger partial charge in [-0.3, -0.25) is 9.69 Å². The summed E-state index contributed by atoms with van der Waals surface area (Å²) in [4.78, 5) is 13.7. The fraction of sp³-hybridized carbons (Fsp3) is 0.158. The van der Waals surface area contributed by atoms with Crippen molar-refractivity contribution in [3.8, 4) is 5.75 Å². The monoisotopic (exact) mass is 440 g/mol. The molecule has 27 heavy (non-hydrogen) atoms. The van der Waals surface area contributed by atoms with Crippen molar-refractivity contribution in [3.63, 3.8) is 0 Å². The normalized spacial score (nSPS) is 15.4. The zero-order valence-electron chi connectivity index (χ0n) is 14.3. The van der Waals surface area contributed by atoms with Crippen LogP contribution in [0.1, 0.15) is 18.1 Å². The van der Waals surface area contributed by atoms with Crippen LogP contribution in [0.2, 0.25) is 15.1 Å². The first-order chi connectivity index (χ1) is 12.9. The number of hydrogen-bond donors (Lipinski definition) is 1. The second kappa shape index (κ2) is 8.48. The topological polar surface area (TPSA) is 41.6 Å². The van der Waals surface area contributed by atoms with E-state index in [9.17, 15) is 4.79 Å². The first-order valence-electron chi connectivity index (χ1n) is 8.10. The third kappa shape index (κ3) is 4.55. The molecule has 2 aromatic carbocycles. The lowest BCUT2D eigenvalue weighted by Gasteiger charge is -2.10. The maximum Gasteiger partial charge on any atom is 0.276 e. The third-order valence-electron chi connectivity index (χ3n) is 3.94. The number of carbonyl (C=O) groups excluding carboxylic acids is 1. The van der Waals surface area contributed by atoms with Gasteiger partial charge >= 0.3 is 0 Å². The molecular formula is C19H15Cl3N2O2S. The molecule has 1 aliphatic heterocycles. The molecule has 0 spiro atoms. The molecular weight excluding hydrogens is 427 g/mol. The van der Waals surface area contributed by atoms with Crippen LogP contribution in [0, 0.1) is 0 Å². The van der Waals surface area contributed by atoms with E-state index in [-0.39, 0.29) is 12.5 Å². The molecule has 0 bridgehead atoms. The van der Waals surface area contributed by atoms with Gasteiger partial charge in [-0.05, 0) is 55.0 Å². The molecule has 8 heteroatoms. The average Bonchev–Trinajstić information content (AvgIpc) is 2.88. The van der Waals surface area contributed by atoms with Gasteiger partial charge < -0.3 is 10.1 Å². The summed E-state index contributed by atoms with van der Waals surface area (Å²) >= 11 is 23.5. The van der Waals surface area contributed by atoms with Gasteiger partial charge in [0.05, 0.1) is 5.02 Å². The molecule has 0 aliphatic carbocycles. The molecule has 0 radical (unpaired) electrons. The van der Waals surface area contributed by atoms with Gasteiger partial charge in [-0.25, -0.2) is 0 Å². The van der Waals surface area contributed by atoms with Crippen LogP contribution in [0.3, 0.4) is 0 Å². The van der Waals surface area contributed by atoms with E-state index in [1.807, 2.05) is 13.0 Å². The number of ether oxygens (including phenoxy) is 1. The maximum atomic E-state index is 12.2. The van der Waals surface area contributed by atoms with Gasteiger partial charge in [-0.15, -0.1) is 0 Å². The van der Waals surface area contributed by atoms with Crippen LogP contribution < -0.4 is 10.1 Å². The Kier molecular flexibility index (Phi) is 6.27. The molecule has 0 aromatic heterocycles. The molecule has 1 saturated heterocycles. The predicted molar refractivity (Wildman–Crippen MR) is 113 cm³/mol. The molecule has 1 aliphatic rings. The van der Waals surface area contributed by atoms with Gasteiger partial charge in [0.1, 0.15) is 18.1 Å². The predicted octanol–water partition coefficient (Wildman–Crippen LogP) is 5.30. The van der Waals surface area contributed by atoms with Gasteiger partial charge in [0, 0.05) is 22.2 Å². The van der Waals surface area contributed by atoms with Crippen molar-refractivity contribution in [3.05, 3.63) is 68.3 Å². The summed E-state index contributed by atoms with van der Waals surface area (Å²) in [6.07, 6.45) is 1.70. The van der Waals surface area contributed by atoms with E-state index in [0.717, 1.165) is 11.1 Å².